The number of anilines is 2. The van der Waals surface area contributed by atoms with Crippen molar-refractivity contribution in [2.75, 3.05) is 11.2 Å². The van der Waals surface area contributed by atoms with Crippen LogP contribution in [0.1, 0.15) is 16.7 Å². The number of hydrazone groups is 1. The van der Waals surface area contributed by atoms with Crippen LogP contribution in [-0.2, 0) is 6.61 Å². The van der Waals surface area contributed by atoms with E-state index in [2.05, 4.69) is 34.6 Å². The Kier molecular flexibility index (Phi) is 5.08. The number of rotatable bonds is 6. The third-order valence-corrected chi connectivity index (χ3v) is 4.21. The standard InChI is InChI=1S/C18H18N4OS/c1-13-6-2-3-8-15(13)11-23-16-9-5-4-7-14(16)10-20-22-18-21-17(19)12-24-18/h2-10,12H,11,19H2,1H3,(H,21,22). The van der Waals surface area contributed by atoms with Crippen molar-refractivity contribution in [1.29, 1.82) is 0 Å². The first-order valence-electron chi connectivity index (χ1n) is 7.49. The Hall–Kier alpha value is -2.86. The van der Waals surface area contributed by atoms with Gasteiger partial charge in [0.15, 0.2) is 0 Å². The highest BCUT2D eigenvalue weighted by Crippen LogP contribution is 2.19. The second-order valence-electron chi connectivity index (χ2n) is 5.20. The topological polar surface area (TPSA) is 72.5 Å². The van der Waals surface area contributed by atoms with Gasteiger partial charge >= 0.3 is 0 Å². The molecule has 0 spiro atoms. The number of nitrogens with zero attached hydrogens (tertiary/aromatic N) is 2. The van der Waals surface area contributed by atoms with E-state index in [0.717, 1.165) is 11.3 Å². The zero-order chi connectivity index (χ0) is 16.8. The van der Waals surface area contributed by atoms with Crippen molar-refractivity contribution in [3.05, 3.63) is 70.6 Å². The highest BCUT2D eigenvalue weighted by Gasteiger charge is 2.03. The molecule has 24 heavy (non-hydrogen) atoms. The molecule has 0 aliphatic heterocycles. The van der Waals surface area contributed by atoms with E-state index >= 15 is 0 Å². The molecule has 0 amide bonds. The molecule has 1 heterocycles. The molecule has 122 valence electrons. The van der Waals surface area contributed by atoms with Crippen LogP contribution in [0.15, 0.2) is 59.0 Å². The number of benzene rings is 2. The van der Waals surface area contributed by atoms with Crippen molar-refractivity contribution in [1.82, 2.24) is 4.98 Å². The number of aromatic nitrogens is 1. The maximum absolute atomic E-state index is 5.96. The molecule has 0 fully saturated rings. The minimum Gasteiger partial charge on any atom is -0.488 e. The molecule has 1 aromatic heterocycles. The molecule has 0 unspecified atom stereocenters. The zero-order valence-corrected chi connectivity index (χ0v) is 14.1. The van der Waals surface area contributed by atoms with E-state index in [4.69, 9.17) is 10.5 Å². The molecule has 3 N–H and O–H groups in total. The Balaban J connectivity index is 1.67. The lowest BCUT2D eigenvalue weighted by molar-refractivity contribution is 0.305. The van der Waals surface area contributed by atoms with Gasteiger partial charge in [-0.25, -0.2) is 4.98 Å². The number of para-hydroxylation sites is 1. The van der Waals surface area contributed by atoms with Gasteiger partial charge in [-0.2, -0.15) is 5.10 Å². The summed E-state index contributed by atoms with van der Waals surface area (Å²) >= 11 is 1.41. The summed E-state index contributed by atoms with van der Waals surface area (Å²) in [6.45, 7) is 2.60. The molecule has 3 rings (SSSR count). The van der Waals surface area contributed by atoms with Crippen molar-refractivity contribution >= 4 is 28.5 Å². The predicted octanol–water partition coefficient (Wildman–Crippen LogP) is 4.06. The van der Waals surface area contributed by atoms with E-state index in [1.54, 1.807) is 11.6 Å². The van der Waals surface area contributed by atoms with Gasteiger partial charge in [-0.3, -0.25) is 5.43 Å². The smallest absolute Gasteiger partial charge is 0.205 e. The van der Waals surface area contributed by atoms with Gasteiger partial charge in [-0.1, -0.05) is 36.4 Å². The number of nitrogens with one attached hydrogen (secondary N) is 1. The summed E-state index contributed by atoms with van der Waals surface area (Å²) in [5, 5.41) is 6.61. The van der Waals surface area contributed by atoms with Gasteiger partial charge in [0.1, 0.15) is 18.2 Å². The second kappa shape index (κ2) is 7.61. The normalized spacial score (nSPS) is 10.9. The molecule has 0 atom stereocenters. The molecular formula is C18H18N4OS. The van der Waals surface area contributed by atoms with Crippen molar-refractivity contribution in [3.8, 4) is 5.75 Å². The number of hydrogen-bond acceptors (Lipinski definition) is 6. The van der Waals surface area contributed by atoms with Gasteiger partial charge in [-0.05, 0) is 30.2 Å². The van der Waals surface area contributed by atoms with Crippen LogP contribution in [0.3, 0.4) is 0 Å². The van der Waals surface area contributed by atoms with Crippen LogP contribution in [-0.4, -0.2) is 11.2 Å². The highest BCUT2D eigenvalue weighted by atomic mass is 32.1. The van der Waals surface area contributed by atoms with Crippen LogP contribution in [0, 0.1) is 6.92 Å². The van der Waals surface area contributed by atoms with E-state index in [1.165, 1.54) is 22.5 Å². The third-order valence-electron chi connectivity index (χ3n) is 3.45. The molecule has 6 heteroatoms. The van der Waals surface area contributed by atoms with Crippen molar-refractivity contribution < 1.29 is 4.74 Å². The number of aryl methyl sites for hydroxylation is 1. The largest absolute Gasteiger partial charge is 0.488 e. The second-order valence-corrected chi connectivity index (χ2v) is 6.06. The molecule has 0 aliphatic carbocycles. The van der Waals surface area contributed by atoms with E-state index in [-0.39, 0.29) is 0 Å². The zero-order valence-electron chi connectivity index (χ0n) is 13.3. The van der Waals surface area contributed by atoms with E-state index in [9.17, 15) is 0 Å². The number of nitrogens with two attached hydrogens (primary N) is 1. The van der Waals surface area contributed by atoms with Gasteiger partial charge in [0.05, 0.1) is 6.21 Å². The lowest BCUT2D eigenvalue weighted by atomic mass is 10.1. The number of ether oxygens (including phenoxy) is 1. The summed E-state index contributed by atoms with van der Waals surface area (Å²) in [6, 6.07) is 16.0. The summed E-state index contributed by atoms with van der Waals surface area (Å²) in [7, 11) is 0. The fraction of sp³-hybridized carbons (Fsp3) is 0.111. The number of hydrogen-bond donors (Lipinski definition) is 2. The first-order chi connectivity index (χ1) is 11.7. The quantitative estimate of drug-likeness (QED) is 0.525. The van der Waals surface area contributed by atoms with Crippen LogP contribution in [0.25, 0.3) is 0 Å². The van der Waals surface area contributed by atoms with Gasteiger partial charge in [0.25, 0.3) is 0 Å². The lowest BCUT2D eigenvalue weighted by Crippen LogP contribution is -2.00. The Morgan fingerprint density at radius 2 is 2.00 bits per heavy atom. The Morgan fingerprint density at radius 3 is 2.79 bits per heavy atom. The first-order valence-corrected chi connectivity index (χ1v) is 8.37. The SMILES string of the molecule is Cc1ccccc1COc1ccccc1C=NNc1nc(N)cs1. The monoisotopic (exact) mass is 338 g/mol. The van der Waals surface area contributed by atoms with Crippen molar-refractivity contribution in [2.45, 2.75) is 13.5 Å². The van der Waals surface area contributed by atoms with E-state index < -0.39 is 0 Å². The van der Waals surface area contributed by atoms with E-state index in [0.29, 0.717) is 17.6 Å². The molecule has 5 nitrogen and oxygen atoms in total. The van der Waals surface area contributed by atoms with Gasteiger partial charge in [0.2, 0.25) is 5.13 Å². The molecule has 3 aromatic rings. The summed E-state index contributed by atoms with van der Waals surface area (Å²) < 4.78 is 5.96. The molecule has 0 saturated heterocycles. The maximum Gasteiger partial charge on any atom is 0.205 e. The van der Waals surface area contributed by atoms with E-state index in [1.807, 2.05) is 36.4 Å². The molecular weight excluding hydrogens is 320 g/mol. The van der Waals surface area contributed by atoms with Crippen LogP contribution in [0.4, 0.5) is 10.9 Å². The molecule has 0 bridgehead atoms. The highest BCUT2D eigenvalue weighted by molar-refractivity contribution is 7.14. The summed E-state index contributed by atoms with van der Waals surface area (Å²) in [4.78, 5) is 4.09. The summed E-state index contributed by atoms with van der Waals surface area (Å²) in [5.41, 5.74) is 11.7. The Labute approximate surface area is 144 Å². The van der Waals surface area contributed by atoms with Crippen molar-refractivity contribution in [2.24, 2.45) is 5.10 Å². The van der Waals surface area contributed by atoms with Crippen LogP contribution >= 0.6 is 11.3 Å². The third kappa shape index (κ3) is 4.11. The maximum atomic E-state index is 5.96. The molecule has 2 aromatic carbocycles. The Bertz CT molecular complexity index is 844. The van der Waals surface area contributed by atoms with Crippen LogP contribution < -0.4 is 15.9 Å². The van der Waals surface area contributed by atoms with Crippen LogP contribution in [0.2, 0.25) is 0 Å². The average molecular weight is 338 g/mol. The predicted molar refractivity (Wildman–Crippen MR) is 99.7 cm³/mol. The Morgan fingerprint density at radius 1 is 1.21 bits per heavy atom. The minimum absolute atomic E-state index is 0.486. The molecule has 0 saturated carbocycles. The average Bonchev–Trinajstić information content (AvgIpc) is 3.00. The molecule has 0 radical (unpaired) electrons. The fourth-order valence-electron chi connectivity index (χ4n) is 2.14. The first kappa shape index (κ1) is 16.0. The number of thiazole rings is 1. The van der Waals surface area contributed by atoms with Gasteiger partial charge in [-0.15, -0.1) is 11.3 Å². The van der Waals surface area contributed by atoms with Gasteiger partial charge < -0.3 is 10.5 Å². The summed E-state index contributed by atoms with van der Waals surface area (Å²) in [5.74, 6) is 1.27. The fourth-order valence-corrected chi connectivity index (χ4v) is 2.69. The van der Waals surface area contributed by atoms with Crippen molar-refractivity contribution in [3.63, 3.8) is 0 Å². The number of nitrogen functional groups attached to an aromatic ring is 1. The minimum atomic E-state index is 0.486. The van der Waals surface area contributed by atoms with Crippen LogP contribution in [0.5, 0.6) is 5.75 Å². The summed E-state index contributed by atoms with van der Waals surface area (Å²) in [6.07, 6.45) is 1.71. The molecule has 0 aliphatic rings. The van der Waals surface area contributed by atoms with Gasteiger partial charge in [0, 0.05) is 10.9 Å². The lowest BCUT2D eigenvalue weighted by Gasteiger charge is -2.10.